The highest BCUT2D eigenvalue weighted by atomic mass is 16.5. The van der Waals surface area contributed by atoms with Gasteiger partial charge in [0.25, 0.3) is 5.56 Å². The van der Waals surface area contributed by atoms with Gasteiger partial charge in [0.2, 0.25) is 5.91 Å². The lowest BCUT2D eigenvalue weighted by atomic mass is 10.1. The molecule has 4 rings (SSSR count). The summed E-state index contributed by atoms with van der Waals surface area (Å²) in [7, 11) is 0. The molecule has 30 heavy (non-hydrogen) atoms. The first-order chi connectivity index (χ1) is 14.6. The molecule has 0 N–H and O–H groups in total. The topological polar surface area (TPSA) is 118 Å². The highest BCUT2D eigenvalue weighted by Crippen LogP contribution is 2.22. The van der Waals surface area contributed by atoms with Crippen LogP contribution in [0.3, 0.4) is 0 Å². The van der Waals surface area contributed by atoms with Crippen LogP contribution in [0.2, 0.25) is 0 Å². The quantitative estimate of drug-likeness (QED) is 0.571. The predicted molar refractivity (Wildman–Crippen MR) is 104 cm³/mol. The Balaban J connectivity index is 1.47. The number of amides is 1. The van der Waals surface area contributed by atoms with Crippen LogP contribution in [0.15, 0.2) is 51.9 Å². The first kappa shape index (κ1) is 19.4. The van der Waals surface area contributed by atoms with Crippen molar-refractivity contribution in [2.75, 3.05) is 6.54 Å². The molecule has 0 bridgehead atoms. The summed E-state index contributed by atoms with van der Waals surface area (Å²) >= 11 is 0. The zero-order valence-corrected chi connectivity index (χ0v) is 16.0. The van der Waals surface area contributed by atoms with Crippen molar-refractivity contribution in [3.05, 3.63) is 64.6 Å². The first-order valence-electron chi connectivity index (χ1n) is 9.39. The zero-order chi connectivity index (χ0) is 21.1. The largest absolute Gasteiger partial charge is 0.467 e. The van der Waals surface area contributed by atoms with Crippen molar-refractivity contribution in [2.24, 2.45) is 5.92 Å². The molecule has 1 aliphatic heterocycles. The Morgan fingerprint density at radius 1 is 1.27 bits per heavy atom. The average Bonchev–Trinajstić information content (AvgIpc) is 3.39. The number of nitrogens with zero attached hydrogens (tertiary/aromatic N) is 4. The number of benzene rings is 1. The van der Waals surface area contributed by atoms with Gasteiger partial charge in [-0.1, -0.05) is 12.1 Å². The van der Waals surface area contributed by atoms with Crippen LogP contribution in [-0.2, 0) is 34.0 Å². The molecule has 152 valence electrons. The van der Waals surface area contributed by atoms with Crippen LogP contribution < -0.4 is 5.56 Å². The number of carbonyl (C=O) groups excluding carboxylic acids is 2. The van der Waals surface area contributed by atoms with E-state index in [1.165, 1.54) is 10.8 Å². The van der Waals surface area contributed by atoms with Gasteiger partial charge < -0.3 is 14.1 Å². The number of fused-ring (bicyclic) bond motifs is 1. The number of rotatable bonds is 6. The van der Waals surface area contributed by atoms with E-state index in [0.717, 1.165) is 0 Å². The molecule has 1 fully saturated rings. The third-order valence-corrected chi connectivity index (χ3v) is 4.99. The molecule has 0 spiro atoms. The highest BCUT2D eigenvalue weighted by molar-refractivity contribution is 5.86. The molecule has 2 aromatic heterocycles. The van der Waals surface area contributed by atoms with Gasteiger partial charge in [-0.2, -0.15) is 5.26 Å². The maximum absolute atomic E-state index is 12.6. The molecule has 1 aliphatic rings. The van der Waals surface area contributed by atoms with Gasteiger partial charge in [-0.25, -0.2) is 4.98 Å². The number of nitriles is 1. The summed E-state index contributed by atoms with van der Waals surface area (Å²) in [6.07, 6.45) is 1.58. The maximum atomic E-state index is 12.6. The summed E-state index contributed by atoms with van der Waals surface area (Å²) in [4.78, 5) is 43.3. The SMILES string of the molecule is N#CCn1c(COC(=O)[C@H]2CC(=O)N(Cc3ccco3)C2)nc2ccccc2c1=O. The summed E-state index contributed by atoms with van der Waals surface area (Å²) in [6, 6.07) is 12.2. The van der Waals surface area contributed by atoms with E-state index in [4.69, 9.17) is 14.4 Å². The van der Waals surface area contributed by atoms with Crippen molar-refractivity contribution < 1.29 is 18.7 Å². The summed E-state index contributed by atoms with van der Waals surface area (Å²) in [6.45, 7) is 0.0594. The fourth-order valence-electron chi connectivity index (χ4n) is 3.49. The second kappa shape index (κ2) is 8.21. The summed E-state index contributed by atoms with van der Waals surface area (Å²) in [5.41, 5.74) is 0.0947. The van der Waals surface area contributed by atoms with Gasteiger partial charge in [0.15, 0.2) is 5.82 Å². The Bertz CT molecular complexity index is 1190. The molecule has 0 radical (unpaired) electrons. The lowest BCUT2D eigenvalue weighted by Crippen LogP contribution is -2.28. The van der Waals surface area contributed by atoms with Crippen molar-refractivity contribution >= 4 is 22.8 Å². The minimum atomic E-state index is -0.607. The van der Waals surface area contributed by atoms with Crippen LogP contribution in [0, 0.1) is 17.2 Å². The second-order valence-corrected chi connectivity index (χ2v) is 6.96. The number of ether oxygens (including phenoxy) is 1. The smallest absolute Gasteiger partial charge is 0.311 e. The van der Waals surface area contributed by atoms with Crippen molar-refractivity contribution in [3.8, 4) is 6.07 Å². The van der Waals surface area contributed by atoms with E-state index in [0.29, 0.717) is 23.2 Å². The minimum absolute atomic E-state index is 0.0513. The number of para-hydroxylation sites is 1. The molecular formula is C21H18N4O5. The van der Waals surface area contributed by atoms with Crippen molar-refractivity contribution in [1.82, 2.24) is 14.5 Å². The van der Waals surface area contributed by atoms with E-state index in [1.54, 1.807) is 41.3 Å². The summed E-state index contributed by atoms with van der Waals surface area (Å²) in [5.74, 6) is -0.484. The first-order valence-corrected chi connectivity index (χ1v) is 9.39. The summed E-state index contributed by atoms with van der Waals surface area (Å²) in [5, 5.41) is 9.45. The van der Waals surface area contributed by atoms with Gasteiger partial charge in [-0.3, -0.25) is 19.0 Å². The minimum Gasteiger partial charge on any atom is -0.467 e. The highest BCUT2D eigenvalue weighted by Gasteiger charge is 2.35. The molecule has 3 aromatic rings. The number of hydrogen-bond acceptors (Lipinski definition) is 7. The number of furan rings is 1. The standard InChI is InChI=1S/C21H18N4O5/c22-7-8-25-18(23-17-6-2-1-5-16(17)20(25)27)13-30-21(28)14-10-19(26)24(11-14)12-15-4-3-9-29-15/h1-6,9,14H,8,10-13H2/t14-/m0/s1. The van der Waals surface area contributed by atoms with Gasteiger partial charge in [0.1, 0.15) is 18.9 Å². The monoisotopic (exact) mass is 406 g/mol. The zero-order valence-electron chi connectivity index (χ0n) is 16.0. The van der Waals surface area contributed by atoms with Gasteiger partial charge in [0.05, 0.1) is 35.7 Å². The van der Waals surface area contributed by atoms with Crippen LogP contribution in [0.5, 0.6) is 0 Å². The van der Waals surface area contributed by atoms with Crippen LogP contribution in [0.4, 0.5) is 0 Å². The number of carbonyl (C=O) groups is 2. The lowest BCUT2D eigenvalue weighted by Gasteiger charge is -2.15. The molecule has 9 nitrogen and oxygen atoms in total. The predicted octanol–water partition coefficient (Wildman–Crippen LogP) is 1.60. The fraction of sp³-hybridized carbons (Fsp3) is 0.286. The van der Waals surface area contributed by atoms with E-state index in [-0.39, 0.29) is 43.4 Å². The Morgan fingerprint density at radius 3 is 2.87 bits per heavy atom. The van der Waals surface area contributed by atoms with Gasteiger partial charge in [-0.05, 0) is 24.3 Å². The molecular weight excluding hydrogens is 388 g/mol. The van der Waals surface area contributed by atoms with Gasteiger partial charge in [0, 0.05) is 13.0 Å². The average molecular weight is 406 g/mol. The molecule has 0 saturated carbocycles. The third kappa shape index (κ3) is 3.80. The maximum Gasteiger partial charge on any atom is 0.311 e. The number of likely N-dealkylation sites (tertiary alicyclic amines) is 1. The molecule has 0 aliphatic carbocycles. The Kier molecular flexibility index (Phi) is 5.30. The van der Waals surface area contributed by atoms with E-state index < -0.39 is 11.9 Å². The number of hydrogen-bond donors (Lipinski definition) is 0. The molecule has 1 aromatic carbocycles. The second-order valence-electron chi connectivity index (χ2n) is 6.96. The van der Waals surface area contributed by atoms with Crippen molar-refractivity contribution in [1.29, 1.82) is 5.26 Å². The van der Waals surface area contributed by atoms with E-state index in [9.17, 15) is 14.4 Å². The molecule has 1 atom stereocenters. The Labute approximate surface area is 171 Å². The third-order valence-electron chi connectivity index (χ3n) is 4.99. The molecule has 9 heteroatoms. The molecule has 1 amide bonds. The van der Waals surface area contributed by atoms with E-state index >= 15 is 0 Å². The fourth-order valence-corrected chi connectivity index (χ4v) is 3.49. The number of aromatic nitrogens is 2. The molecule has 1 saturated heterocycles. The van der Waals surface area contributed by atoms with Crippen molar-refractivity contribution in [3.63, 3.8) is 0 Å². The van der Waals surface area contributed by atoms with Crippen molar-refractivity contribution in [2.45, 2.75) is 26.1 Å². The molecule has 3 heterocycles. The summed E-state index contributed by atoms with van der Waals surface area (Å²) < 4.78 is 11.8. The normalized spacial score (nSPS) is 16.0. The Hall–Kier alpha value is -3.93. The lowest BCUT2D eigenvalue weighted by molar-refractivity contribution is -0.150. The van der Waals surface area contributed by atoms with Crippen LogP contribution >= 0.6 is 0 Å². The van der Waals surface area contributed by atoms with Crippen LogP contribution in [0.25, 0.3) is 10.9 Å². The van der Waals surface area contributed by atoms with Gasteiger partial charge in [-0.15, -0.1) is 0 Å². The van der Waals surface area contributed by atoms with E-state index in [2.05, 4.69) is 4.98 Å². The van der Waals surface area contributed by atoms with Gasteiger partial charge >= 0.3 is 5.97 Å². The van der Waals surface area contributed by atoms with E-state index in [1.807, 2.05) is 6.07 Å². The Morgan fingerprint density at radius 2 is 2.10 bits per heavy atom. The number of esters is 1. The molecule has 0 unspecified atom stereocenters. The van der Waals surface area contributed by atoms with Crippen LogP contribution in [-0.4, -0.2) is 32.9 Å². The van der Waals surface area contributed by atoms with Crippen LogP contribution in [0.1, 0.15) is 18.0 Å².